The van der Waals surface area contributed by atoms with Gasteiger partial charge in [0, 0.05) is 23.2 Å². The molecule has 166 valence electrons. The van der Waals surface area contributed by atoms with Crippen LogP contribution in [0.3, 0.4) is 0 Å². The fourth-order valence-corrected chi connectivity index (χ4v) is 3.51. The molecule has 33 heavy (non-hydrogen) atoms. The van der Waals surface area contributed by atoms with Crippen LogP contribution in [0.5, 0.6) is 0 Å². The first kappa shape index (κ1) is 22.0. The minimum atomic E-state index is -1.85. The first-order chi connectivity index (χ1) is 15.9. The summed E-state index contributed by atoms with van der Waals surface area (Å²) >= 11 is 5.99. The van der Waals surface area contributed by atoms with Crippen LogP contribution in [0.25, 0.3) is 0 Å². The van der Waals surface area contributed by atoms with Crippen LogP contribution in [-0.4, -0.2) is 29.2 Å². The SMILES string of the molecule is CC(=O)NC1(Nc2ccccc2)C(=O)N(c2ccc(Cl)cc2)N=C1NC(=O)c1ccccc1. The molecule has 9 heteroatoms. The van der Waals surface area contributed by atoms with Gasteiger partial charge in [-0.2, -0.15) is 5.01 Å². The van der Waals surface area contributed by atoms with Crippen LogP contribution >= 0.6 is 11.6 Å². The van der Waals surface area contributed by atoms with E-state index >= 15 is 0 Å². The number of nitrogens with zero attached hydrogens (tertiary/aromatic N) is 2. The number of halogens is 1. The second-order valence-corrected chi connectivity index (χ2v) is 7.72. The minimum Gasteiger partial charge on any atom is -0.348 e. The molecule has 1 atom stereocenters. The molecule has 0 spiro atoms. The summed E-state index contributed by atoms with van der Waals surface area (Å²) in [5.41, 5.74) is -0.525. The summed E-state index contributed by atoms with van der Waals surface area (Å²) < 4.78 is 0. The van der Waals surface area contributed by atoms with Gasteiger partial charge in [-0.15, -0.1) is 5.10 Å². The number of amides is 3. The van der Waals surface area contributed by atoms with Crippen molar-refractivity contribution in [2.45, 2.75) is 12.6 Å². The van der Waals surface area contributed by atoms with E-state index in [1.165, 1.54) is 6.92 Å². The van der Waals surface area contributed by atoms with Gasteiger partial charge in [0.05, 0.1) is 5.69 Å². The Morgan fingerprint density at radius 1 is 0.909 bits per heavy atom. The van der Waals surface area contributed by atoms with E-state index in [1.807, 2.05) is 6.07 Å². The Morgan fingerprint density at radius 3 is 2.12 bits per heavy atom. The second-order valence-electron chi connectivity index (χ2n) is 7.28. The zero-order valence-corrected chi connectivity index (χ0v) is 18.3. The van der Waals surface area contributed by atoms with E-state index in [9.17, 15) is 14.4 Å². The minimum absolute atomic E-state index is 0.0737. The molecule has 0 radical (unpaired) electrons. The topological polar surface area (TPSA) is 103 Å². The highest BCUT2D eigenvalue weighted by atomic mass is 35.5. The molecule has 0 bridgehead atoms. The summed E-state index contributed by atoms with van der Waals surface area (Å²) in [7, 11) is 0. The van der Waals surface area contributed by atoms with Gasteiger partial charge in [-0.1, -0.05) is 48.0 Å². The monoisotopic (exact) mass is 461 g/mol. The molecule has 8 nitrogen and oxygen atoms in total. The number of hydrazone groups is 1. The van der Waals surface area contributed by atoms with Crippen LogP contribution < -0.4 is 21.0 Å². The molecule has 3 aromatic rings. The van der Waals surface area contributed by atoms with Gasteiger partial charge in [0.25, 0.3) is 11.6 Å². The number of rotatable bonds is 5. The number of amidine groups is 1. The van der Waals surface area contributed by atoms with Crippen molar-refractivity contribution in [3.05, 3.63) is 95.5 Å². The van der Waals surface area contributed by atoms with Gasteiger partial charge in [0.15, 0.2) is 5.84 Å². The quantitative estimate of drug-likeness (QED) is 0.507. The Kier molecular flexibility index (Phi) is 6.10. The summed E-state index contributed by atoms with van der Waals surface area (Å²) in [6.45, 7) is 1.28. The highest BCUT2D eigenvalue weighted by Crippen LogP contribution is 2.29. The number of hydrogen-bond donors (Lipinski definition) is 3. The van der Waals surface area contributed by atoms with Crippen molar-refractivity contribution in [3.8, 4) is 0 Å². The molecular formula is C24H20ClN5O3. The summed E-state index contributed by atoms with van der Waals surface area (Å²) in [5.74, 6) is -1.65. The zero-order valence-electron chi connectivity index (χ0n) is 17.6. The molecule has 1 unspecified atom stereocenters. The molecule has 0 fully saturated rings. The predicted octanol–water partition coefficient (Wildman–Crippen LogP) is 3.37. The molecule has 0 saturated heterocycles. The lowest BCUT2D eigenvalue weighted by atomic mass is 10.1. The maximum atomic E-state index is 13.7. The molecular weight excluding hydrogens is 442 g/mol. The van der Waals surface area contributed by atoms with Gasteiger partial charge in [-0.05, 0) is 48.5 Å². The molecule has 1 aliphatic heterocycles. The average Bonchev–Trinajstić information content (AvgIpc) is 3.06. The van der Waals surface area contributed by atoms with Crippen LogP contribution in [0.15, 0.2) is 90.0 Å². The van der Waals surface area contributed by atoms with Crippen LogP contribution in [0.1, 0.15) is 17.3 Å². The third-order valence-electron chi connectivity index (χ3n) is 4.88. The maximum Gasteiger partial charge on any atom is 0.302 e. The highest BCUT2D eigenvalue weighted by Gasteiger charge is 2.54. The molecule has 1 heterocycles. The van der Waals surface area contributed by atoms with Crippen LogP contribution in [-0.2, 0) is 9.59 Å². The number of nitrogens with one attached hydrogen (secondary N) is 3. The molecule has 0 aliphatic carbocycles. The lowest BCUT2D eigenvalue weighted by Gasteiger charge is -2.31. The lowest BCUT2D eigenvalue weighted by molar-refractivity contribution is -0.127. The Morgan fingerprint density at radius 2 is 1.52 bits per heavy atom. The van der Waals surface area contributed by atoms with Crippen LogP contribution in [0, 0.1) is 0 Å². The van der Waals surface area contributed by atoms with Gasteiger partial charge in [0.1, 0.15) is 0 Å². The zero-order chi connectivity index (χ0) is 23.4. The van der Waals surface area contributed by atoms with Crippen LogP contribution in [0.2, 0.25) is 5.02 Å². The molecule has 3 N–H and O–H groups in total. The van der Waals surface area contributed by atoms with E-state index < -0.39 is 23.4 Å². The first-order valence-electron chi connectivity index (χ1n) is 10.1. The van der Waals surface area contributed by atoms with Crippen LogP contribution in [0.4, 0.5) is 11.4 Å². The summed E-state index contributed by atoms with van der Waals surface area (Å²) in [5, 5.41) is 14.4. The van der Waals surface area contributed by atoms with Crippen molar-refractivity contribution in [1.29, 1.82) is 0 Å². The number of hydrogen-bond acceptors (Lipinski definition) is 5. The molecule has 0 aromatic heterocycles. The van der Waals surface area contributed by atoms with Crippen molar-refractivity contribution in [2.75, 3.05) is 10.3 Å². The normalized spacial score (nSPS) is 17.3. The van der Waals surface area contributed by atoms with E-state index in [4.69, 9.17) is 11.6 Å². The van der Waals surface area contributed by atoms with Crippen molar-refractivity contribution in [1.82, 2.24) is 10.6 Å². The largest absolute Gasteiger partial charge is 0.348 e. The third-order valence-corrected chi connectivity index (χ3v) is 5.13. The van der Waals surface area contributed by atoms with E-state index in [-0.39, 0.29) is 5.84 Å². The second kappa shape index (κ2) is 9.13. The molecule has 3 amide bonds. The van der Waals surface area contributed by atoms with Crippen molar-refractivity contribution in [2.24, 2.45) is 5.10 Å². The maximum absolute atomic E-state index is 13.7. The summed E-state index contributed by atoms with van der Waals surface area (Å²) in [6, 6.07) is 23.8. The predicted molar refractivity (Wildman–Crippen MR) is 127 cm³/mol. The Hall–Kier alpha value is -4.17. The standard InChI is InChI=1S/C24H20ClN5O3/c1-16(31)27-24(28-19-10-6-3-7-11-19)22(26-21(32)17-8-4-2-5-9-17)29-30(23(24)33)20-14-12-18(25)13-15-20/h2-15,28H,1H3,(H,27,31)(H,26,29,32). The van der Waals surface area contributed by atoms with Gasteiger partial charge in [-0.3, -0.25) is 14.4 Å². The lowest BCUT2D eigenvalue weighted by Crippen LogP contribution is -2.67. The third kappa shape index (κ3) is 4.56. The fourth-order valence-electron chi connectivity index (χ4n) is 3.38. The number of benzene rings is 3. The number of para-hydroxylation sites is 1. The number of anilines is 2. The van der Waals surface area contributed by atoms with Gasteiger partial charge in [0.2, 0.25) is 5.91 Å². The number of carbonyl (C=O) groups excluding carboxylic acids is 3. The van der Waals surface area contributed by atoms with E-state index in [2.05, 4.69) is 21.1 Å². The number of carbonyl (C=O) groups is 3. The summed E-state index contributed by atoms with van der Waals surface area (Å²) in [4.78, 5) is 38.9. The average molecular weight is 462 g/mol. The van der Waals surface area contributed by atoms with Gasteiger partial charge < -0.3 is 16.0 Å². The molecule has 3 aromatic carbocycles. The highest BCUT2D eigenvalue weighted by molar-refractivity contribution is 6.31. The van der Waals surface area contributed by atoms with Crippen molar-refractivity contribution in [3.63, 3.8) is 0 Å². The Bertz CT molecular complexity index is 1220. The summed E-state index contributed by atoms with van der Waals surface area (Å²) in [6.07, 6.45) is 0. The van der Waals surface area contributed by atoms with Crippen molar-refractivity contribution >= 4 is 46.5 Å². The first-order valence-corrected chi connectivity index (χ1v) is 10.4. The Balaban J connectivity index is 1.80. The van der Waals surface area contributed by atoms with E-state index in [0.717, 1.165) is 5.01 Å². The van der Waals surface area contributed by atoms with E-state index in [0.29, 0.717) is 22.0 Å². The molecule has 4 rings (SSSR count). The smallest absolute Gasteiger partial charge is 0.302 e. The van der Waals surface area contributed by atoms with Gasteiger partial charge in [-0.25, -0.2) is 0 Å². The van der Waals surface area contributed by atoms with Gasteiger partial charge >= 0.3 is 5.91 Å². The molecule has 0 saturated carbocycles. The molecule has 1 aliphatic rings. The Labute approximate surface area is 195 Å². The fraction of sp³-hybridized carbons (Fsp3) is 0.0833. The van der Waals surface area contributed by atoms with Crippen molar-refractivity contribution < 1.29 is 14.4 Å². The van der Waals surface area contributed by atoms with E-state index in [1.54, 1.807) is 78.9 Å².